The first-order chi connectivity index (χ1) is 7.00. The van der Waals surface area contributed by atoms with Gasteiger partial charge in [-0.1, -0.05) is 12.1 Å². The molecular weight excluding hydrogens is 194 g/mol. The first-order valence-electron chi connectivity index (χ1n) is 4.44. The second kappa shape index (κ2) is 4.50. The molecule has 0 atom stereocenters. The molecule has 1 aromatic rings. The zero-order valence-corrected chi connectivity index (χ0v) is 8.56. The van der Waals surface area contributed by atoms with Crippen molar-refractivity contribution in [3.63, 3.8) is 0 Å². The van der Waals surface area contributed by atoms with Crippen molar-refractivity contribution in [3.8, 4) is 0 Å². The van der Waals surface area contributed by atoms with E-state index in [1.807, 2.05) is 0 Å². The van der Waals surface area contributed by atoms with Crippen molar-refractivity contribution in [1.29, 1.82) is 0 Å². The van der Waals surface area contributed by atoms with Crippen LogP contribution >= 0.6 is 0 Å². The molecule has 0 heterocycles. The van der Waals surface area contributed by atoms with Crippen molar-refractivity contribution in [3.05, 3.63) is 45.5 Å². The van der Waals surface area contributed by atoms with Crippen molar-refractivity contribution in [2.75, 3.05) is 0 Å². The fourth-order valence-electron chi connectivity index (χ4n) is 1.08. The van der Waals surface area contributed by atoms with E-state index in [9.17, 15) is 14.9 Å². The molecule has 0 saturated carbocycles. The van der Waals surface area contributed by atoms with Gasteiger partial charge in [-0.3, -0.25) is 14.9 Å². The quantitative estimate of drug-likeness (QED) is 0.433. The van der Waals surface area contributed by atoms with Gasteiger partial charge in [0.15, 0.2) is 5.78 Å². The van der Waals surface area contributed by atoms with E-state index in [4.69, 9.17) is 0 Å². The zero-order chi connectivity index (χ0) is 11.4. The minimum absolute atomic E-state index is 0.0279. The molecular formula is C11H11NO3. The number of rotatable bonds is 3. The fraction of sp³-hybridized carbons (Fsp3) is 0.182. The lowest BCUT2D eigenvalue weighted by molar-refractivity contribution is -0.384. The molecule has 0 amide bonds. The van der Waals surface area contributed by atoms with Gasteiger partial charge in [0.05, 0.1) is 4.92 Å². The van der Waals surface area contributed by atoms with Crippen LogP contribution in [0, 0.1) is 10.1 Å². The van der Waals surface area contributed by atoms with E-state index in [1.54, 1.807) is 25.1 Å². The number of ketones is 1. The second-order valence-corrected chi connectivity index (χ2v) is 3.24. The van der Waals surface area contributed by atoms with Gasteiger partial charge in [-0.05, 0) is 31.1 Å². The Labute approximate surface area is 87.4 Å². The van der Waals surface area contributed by atoms with Gasteiger partial charge in [0.1, 0.15) is 0 Å². The van der Waals surface area contributed by atoms with E-state index in [0.29, 0.717) is 11.1 Å². The van der Waals surface area contributed by atoms with Crippen molar-refractivity contribution >= 4 is 17.5 Å². The number of Topliss-reactive ketones (excluding diaryl/α,β-unsaturated/α-hetero) is 1. The summed E-state index contributed by atoms with van der Waals surface area (Å²) in [6.45, 7) is 3.14. The fourth-order valence-corrected chi connectivity index (χ4v) is 1.08. The number of nitro groups is 1. The van der Waals surface area contributed by atoms with Gasteiger partial charge in [0.2, 0.25) is 0 Å². The van der Waals surface area contributed by atoms with Crippen LogP contribution in [0.4, 0.5) is 5.69 Å². The number of allylic oxidation sites excluding steroid dienone is 1. The molecule has 15 heavy (non-hydrogen) atoms. The first-order valence-corrected chi connectivity index (χ1v) is 4.44. The molecule has 4 nitrogen and oxygen atoms in total. The molecule has 0 N–H and O–H groups in total. The molecule has 0 aliphatic heterocycles. The SMILES string of the molecule is CC(=O)C(C)=Cc1cccc([N+](=O)[O-])c1. The number of carbonyl (C=O) groups excluding carboxylic acids is 1. The minimum atomic E-state index is -0.458. The van der Waals surface area contributed by atoms with Crippen molar-refractivity contribution in [1.82, 2.24) is 0 Å². The summed E-state index contributed by atoms with van der Waals surface area (Å²) < 4.78 is 0. The van der Waals surface area contributed by atoms with Gasteiger partial charge in [-0.15, -0.1) is 0 Å². The highest BCUT2D eigenvalue weighted by molar-refractivity contribution is 5.97. The maximum absolute atomic E-state index is 11.0. The summed E-state index contributed by atoms with van der Waals surface area (Å²) >= 11 is 0. The maximum Gasteiger partial charge on any atom is 0.270 e. The standard InChI is InChI=1S/C11H11NO3/c1-8(9(2)13)6-10-4-3-5-11(7-10)12(14)15/h3-7H,1-2H3. The Morgan fingerprint density at radius 1 is 1.40 bits per heavy atom. The van der Waals surface area contributed by atoms with Gasteiger partial charge < -0.3 is 0 Å². The molecule has 0 aliphatic rings. The van der Waals surface area contributed by atoms with Crippen LogP contribution in [-0.2, 0) is 4.79 Å². The number of carbonyl (C=O) groups is 1. The number of hydrogen-bond acceptors (Lipinski definition) is 3. The summed E-state index contributed by atoms with van der Waals surface area (Å²) in [5.74, 6) is -0.0403. The monoisotopic (exact) mass is 205 g/mol. The molecule has 0 saturated heterocycles. The number of nitrogens with zero attached hydrogens (tertiary/aromatic N) is 1. The van der Waals surface area contributed by atoms with Crippen LogP contribution in [0.25, 0.3) is 6.08 Å². The highest BCUT2D eigenvalue weighted by Gasteiger charge is 2.04. The molecule has 1 rings (SSSR count). The molecule has 78 valence electrons. The van der Waals surface area contributed by atoms with Gasteiger partial charge in [-0.25, -0.2) is 0 Å². The molecule has 0 unspecified atom stereocenters. The second-order valence-electron chi connectivity index (χ2n) is 3.24. The summed E-state index contributed by atoms with van der Waals surface area (Å²) in [5.41, 5.74) is 1.27. The predicted molar refractivity (Wildman–Crippen MR) is 57.4 cm³/mol. The van der Waals surface area contributed by atoms with E-state index >= 15 is 0 Å². The Morgan fingerprint density at radius 2 is 2.07 bits per heavy atom. The molecule has 1 aromatic carbocycles. The Bertz CT molecular complexity index is 435. The Hall–Kier alpha value is -1.97. The van der Waals surface area contributed by atoms with Gasteiger partial charge in [0.25, 0.3) is 5.69 Å². The van der Waals surface area contributed by atoms with Crippen molar-refractivity contribution in [2.24, 2.45) is 0 Å². The smallest absolute Gasteiger partial charge is 0.270 e. The van der Waals surface area contributed by atoms with Crippen molar-refractivity contribution in [2.45, 2.75) is 13.8 Å². The minimum Gasteiger partial charge on any atom is -0.295 e. The third kappa shape index (κ3) is 3.02. The van der Waals surface area contributed by atoms with E-state index in [0.717, 1.165) is 0 Å². The van der Waals surface area contributed by atoms with Gasteiger partial charge in [-0.2, -0.15) is 0 Å². The Balaban J connectivity index is 3.06. The van der Waals surface area contributed by atoms with Crippen LogP contribution in [0.15, 0.2) is 29.8 Å². The summed E-state index contributed by atoms with van der Waals surface area (Å²) in [6.07, 6.45) is 1.63. The summed E-state index contributed by atoms with van der Waals surface area (Å²) in [6, 6.07) is 6.17. The molecule has 4 heteroatoms. The van der Waals surface area contributed by atoms with Crippen LogP contribution < -0.4 is 0 Å². The highest BCUT2D eigenvalue weighted by Crippen LogP contribution is 2.15. The van der Waals surface area contributed by atoms with Crippen molar-refractivity contribution < 1.29 is 9.72 Å². The summed E-state index contributed by atoms with van der Waals surface area (Å²) in [7, 11) is 0. The van der Waals surface area contributed by atoms with Crippen LogP contribution in [-0.4, -0.2) is 10.7 Å². The number of nitro benzene ring substituents is 1. The highest BCUT2D eigenvalue weighted by atomic mass is 16.6. The van der Waals surface area contributed by atoms with Crippen LogP contribution in [0.3, 0.4) is 0 Å². The lowest BCUT2D eigenvalue weighted by Gasteiger charge is -1.96. The van der Waals surface area contributed by atoms with E-state index in [-0.39, 0.29) is 11.5 Å². The average molecular weight is 205 g/mol. The van der Waals surface area contributed by atoms with Gasteiger partial charge in [0, 0.05) is 12.1 Å². The van der Waals surface area contributed by atoms with E-state index in [2.05, 4.69) is 0 Å². The van der Waals surface area contributed by atoms with Gasteiger partial charge >= 0.3 is 0 Å². The molecule has 0 fully saturated rings. The average Bonchev–Trinajstić information content (AvgIpc) is 2.18. The summed E-state index contributed by atoms with van der Waals surface area (Å²) in [5, 5.41) is 10.5. The third-order valence-electron chi connectivity index (χ3n) is 2.02. The van der Waals surface area contributed by atoms with E-state index in [1.165, 1.54) is 19.1 Å². The number of hydrogen-bond donors (Lipinski definition) is 0. The zero-order valence-electron chi connectivity index (χ0n) is 8.56. The Morgan fingerprint density at radius 3 is 2.60 bits per heavy atom. The summed E-state index contributed by atoms with van der Waals surface area (Å²) in [4.78, 5) is 21.0. The normalized spacial score (nSPS) is 11.2. The van der Waals surface area contributed by atoms with E-state index < -0.39 is 4.92 Å². The molecule has 0 bridgehead atoms. The Kier molecular flexibility index (Phi) is 3.33. The lowest BCUT2D eigenvalue weighted by atomic mass is 10.1. The topological polar surface area (TPSA) is 60.2 Å². The first kappa shape index (κ1) is 11.1. The van der Waals surface area contributed by atoms with Crippen LogP contribution in [0.2, 0.25) is 0 Å². The maximum atomic E-state index is 11.0. The predicted octanol–water partition coefficient (Wildman–Crippen LogP) is 2.59. The third-order valence-corrected chi connectivity index (χ3v) is 2.02. The number of benzene rings is 1. The molecule has 0 radical (unpaired) electrons. The van der Waals surface area contributed by atoms with Crippen LogP contribution in [0.1, 0.15) is 19.4 Å². The molecule has 0 aromatic heterocycles. The lowest BCUT2D eigenvalue weighted by Crippen LogP contribution is -1.91. The molecule has 0 spiro atoms. The largest absolute Gasteiger partial charge is 0.295 e. The number of non-ortho nitro benzene ring substituents is 1. The van der Waals surface area contributed by atoms with Crippen LogP contribution in [0.5, 0.6) is 0 Å². The molecule has 0 aliphatic carbocycles.